The molecular formula is C42H36Cl2N4O6. The van der Waals surface area contributed by atoms with Gasteiger partial charge in [-0.05, 0) is 46.6 Å². The molecule has 2 unspecified atom stereocenters. The number of halogens is 2. The molecule has 4 aliphatic heterocycles. The van der Waals surface area contributed by atoms with Crippen molar-refractivity contribution in [3.63, 3.8) is 0 Å². The number of carbonyl (C=O) groups excluding carboxylic acids is 2. The van der Waals surface area contributed by atoms with Gasteiger partial charge in [0, 0.05) is 51.7 Å². The first kappa shape index (κ1) is 33.7. The summed E-state index contributed by atoms with van der Waals surface area (Å²) in [7, 11) is 0. The third-order valence-electron chi connectivity index (χ3n) is 11.7. The van der Waals surface area contributed by atoms with Crippen LogP contribution >= 0.6 is 23.2 Å². The molecule has 274 valence electrons. The summed E-state index contributed by atoms with van der Waals surface area (Å²) in [5.41, 5.74) is 7.17. The van der Waals surface area contributed by atoms with Gasteiger partial charge in [0.25, 0.3) is 5.89 Å². The van der Waals surface area contributed by atoms with Crippen LogP contribution in [0.4, 0.5) is 5.69 Å². The van der Waals surface area contributed by atoms with E-state index in [-0.39, 0.29) is 53.3 Å². The number of amides is 1. The van der Waals surface area contributed by atoms with E-state index in [1.807, 2.05) is 44.2 Å². The SMILES string of the molecule is CC(C)C1NC(=O)[C@@H](CC(=O)[C@@H](O)C(C)C)Cc2ccc3c(c2)[C@]24c5cccc(c5NC2O3)-c2cccc3c2C(=C(Cl)C3)c2oc(nc2Cl)-c2nc1oc24. The van der Waals surface area contributed by atoms with E-state index in [1.54, 1.807) is 13.8 Å². The lowest BCUT2D eigenvalue weighted by atomic mass is 9.71. The van der Waals surface area contributed by atoms with Gasteiger partial charge in [-0.1, -0.05) is 99.4 Å². The Morgan fingerprint density at radius 3 is 2.59 bits per heavy atom. The van der Waals surface area contributed by atoms with Gasteiger partial charge in [0.15, 0.2) is 34.4 Å². The maximum atomic E-state index is 14.3. The van der Waals surface area contributed by atoms with Gasteiger partial charge in [0.05, 0.1) is 0 Å². The van der Waals surface area contributed by atoms with Gasteiger partial charge >= 0.3 is 0 Å². The number of Topliss-reactive ketones (excluding diaryl/α,β-unsaturated/α-hetero) is 1. The van der Waals surface area contributed by atoms with E-state index in [2.05, 4.69) is 34.9 Å². The number of allylic oxidation sites excluding steroid dienone is 1. The van der Waals surface area contributed by atoms with E-state index < -0.39 is 29.7 Å². The summed E-state index contributed by atoms with van der Waals surface area (Å²) in [6.45, 7) is 7.50. The number of nitrogens with one attached hydrogen (secondary N) is 2. The van der Waals surface area contributed by atoms with Crippen molar-refractivity contribution in [2.45, 2.75) is 70.7 Å². The molecular weight excluding hydrogens is 727 g/mol. The van der Waals surface area contributed by atoms with Crippen molar-refractivity contribution in [3.8, 4) is 28.5 Å². The van der Waals surface area contributed by atoms with Crippen LogP contribution in [0.3, 0.4) is 0 Å². The number of anilines is 1. The molecule has 1 aliphatic carbocycles. The number of hydrogen-bond donors (Lipinski definition) is 3. The highest BCUT2D eigenvalue weighted by atomic mass is 35.5. The molecule has 0 saturated carbocycles. The van der Waals surface area contributed by atoms with Gasteiger partial charge in [0.2, 0.25) is 11.8 Å². The molecule has 2 aromatic heterocycles. The van der Waals surface area contributed by atoms with Crippen molar-refractivity contribution in [1.82, 2.24) is 15.3 Å². The van der Waals surface area contributed by atoms with Crippen LogP contribution < -0.4 is 15.4 Å². The largest absolute Gasteiger partial charge is 0.469 e. The molecule has 6 heterocycles. The number of oxazole rings is 2. The highest BCUT2D eigenvalue weighted by Crippen LogP contribution is 2.62. The summed E-state index contributed by atoms with van der Waals surface area (Å²) in [6.07, 6.45) is -1.22. The molecule has 0 radical (unpaired) electrons. The molecule has 5 aliphatic rings. The molecule has 1 spiro atoms. The number of carbonyl (C=O) groups is 2. The molecule has 5 aromatic rings. The van der Waals surface area contributed by atoms with E-state index in [9.17, 15) is 14.7 Å². The number of aromatic nitrogens is 2. The number of ketones is 1. The number of aliphatic hydroxyl groups is 1. The van der Waals surface area contributed by atoms with Gasteiger partial charge in [-0.3, -0.25) is 9.59 Å². The minimum atomic E-state index is -1.18. The van der Waals surface area contributed by atoms with Gasteiger partial charge in [0.1, 0.15) is 23.3 Å². The zero-order valence-corrected chi connectivity index (χ0v) is 31.4. The minimum Gasteiger partial charge on any atom is -0.469 e. The summed E-state index contributed by atoms with van der Waals surface area (Å²) in [6, 6.07) is 17.5. The number of nitrogens with zero attached hydrogens (tertiary/aromatic N) is 2. The van der Waals surface area contributed by atoms with Gasteiger partial charge in [-0.25, -0.2) is 4.98 Å². The lowest BCUT2D eigenvalue weighted by Gasteiger charge is -2.28. The van der Waals surface area contributed by atoms with Gasteiger partial charge in [-0.15, -0.1) is 0 Å². The summed E-state index contributed by atoms with van der Waals surface area (Å²) < 4.78 is 20.5. The van der Waals surface area contributed by atoms with Crippen LogP contribution in [0.2, 0.25) is 5.15 Å². The third-order valence-corrected chi connectivity index (χ3v) is 12.3. The van der Waals surface area contributed by atoms with Crippen molar-refractivity contribution in [3.05, 3.63) is 110 Å². The van der Waals surface area contributed by atoms with Gasteiger partial charge < -0.3 is 29.3 Å². The van der Waals surface area contributed by atoms with Crippen LogP contribution in [0.5, 0.6) is 5.75 Å². The first-order valence-electron chi connectivity index (χ1n) is 18.4. The number of aliphatic hydroxyl groups excluding tert-OH is 1. The van der Waals surface area contributed by atoms with Crippen molar-refractivity contribution in [1.29, 1.82) is 0 Å². The predicted octanol–water partition coefficient (Wildman–Crippen LogP) is 7.96. The smallest absolute Gasteiger partial charge is 0.250 e. The maximum Gasteiger partial charge on any atom is 0.250 e. The average Bonchev–Trinajstić information content (AvgIpc) is 3.94. The third kappa shape index (κ3) is 4.56. The Labute approximate surface area is 320 Å². The number of rotatable bonds is 5. The van der Waals surface area contributed by atoms with E-state index in [4.69, 9.17) is 46.7 Å². The number of hydrogen-bond acceptors (Lipinski definition) is 9. The Kier molecular flexibility index (Phi) is 7.35. The molecule has 3 N–H and O–H groups in total. The Balaban J connectivity index is 1.29. The second kappa shape index (κ2) is 11.8. The second-order valence-electron chi connectivity index (χ2n) is 15.7. The molecule has 54 heavy (non-hydrogen) atoms. The minimum absolute atomic E-state index is 0.134. The lowest BCUT2D eigenvalue weighted by molar-refractivity contribution is -0.135. The molecule has 12 heteroatoms. The van der Waals surface area contributed by atoms with Crippen molar-refractivity contribution in [2.75, 3.05) is 5.32 Å². The predicted molar refractivity (Wildman–Crippen MR) is 202 cm³/mol. The van der Waals surface area contributed by atoms with Crippen LogP contribution in [0.25, 0.3) is 28.3 Å². The first-order valence-corrected chi connectivity index (χ1v) is 19.1. The number of fused-ring (bicyclic) bond motifs is 7. The first-order chi connectivity index (χ1) is 25.9. The van der Waals surface area contributed by atoms with Crippen LogP contribution in [-0.2, 0) is 27.8 Å². The summed E-state index contributed by atoms with van der Waals surface area (Å²) >= 11 is 14.0. The molecule has 1 amide bonds. The van der Waals surface area contributed by atoms with E-state index in [1.165, 1.54) is 0 Å². The molecule has 10 rings (SSSR count). The number of ether oxygens (including phenoxy) is 1. The van der Waals surface area contributed by atoms with Crippen LogP contribution in [0.15, 0.2) is 68.5 Å². The highest BCUT2D eigenvalue weighted by Gasteiger charge is 2.62. The Hall–Kier alpha value is -4.90. The van der Waals surface area contributed by atoms with Crippen LogP contribution in [0, 0.1) is 17.8 Å². The summed E-state index contributed by atoms with van der Waals surface area (Å²) in [4.78, 5) is 37.5. The van der Waals surface area contributed by atoms with E-state index in [0.29, 0.717) is 40.0 Å². The number of para-hydroxylation sites is 1. The molecule has 5 atom stereocenters. The van der Waals surface area contributed by atoms with Crippen molar-refractivity contribution < 1.29 is 28.3 Å². The molecule has 10 bridgehead atoms. The summed E-state index contributed by atoms with van der Waals surface area (Å²) in [5, 5.41) is 18.4. The fraction of sp³-hybridized carbons (Fsp3) is 0.333. The van der Waals surface area contributed by atoms with E-state index in [0.717, 1.165) is 44.6 Å². The Morgan fingerprint density at radius 2 is 1.80 bits per heavy atom. The topological polar surface area (TPSA) is 140 Å². The van der Waals surface area contributed by atoms with Gasteiger partial charge in [-0.2, -0.15) is 4.98 Å². The fourth-order valence-corrected chi connectivity index (χ4v) is 9.58. The number of benzene rings is 3. The zero-order chi connectivity index (χ0) is 37.4. The lowest BCUT2D eigenvalue weighted by Crippen LogP contribution is -2.41. The van der Waals surface area contributed by atoms with Crippen LogP contribution in [0.1, 0.15) is 85.4 Å². The van der Waals surface area contributed by atoms with Crippen molar-refractivity contribution >= 4 is 46.2 Å². The Bertz CT molecular complexity index is 2500. The molecule has 10 nitrogen and oxygen atoms in total. The monoisotopic (exact) mass is 762 g/mol. The maximum absolute atomic E-state index is 14.3. The fourth-order valence-electron chi connectivity index (χ4n) is 9.05. The molecule has 0 fully saturated rings. The van der Waals surface area contributed by atoms with E-state index >= 15 is 0 Å². The zero-order valence-electron chi connectivity index (χ0n) is 29.9. The Morgan fingerprint density at radius 1 is 1.00 bits per heavy atom. The second-order valence-corrected chi connectivity index (χ2v) is 16.5. The quantitative estimate of drug-likeness (QED) is 0.163. The van der Waals surface area contributed by atoms with Crippen LogP contribution in [-0.4, -0.2) is 39.1 Å². The normalized spacial score (nSPS) is 23.3. The molecule has 0 saturated heterocycles. The highest BCUT2D eigenvalue weighted by molar-refractivity contribution is 6.36. The molecule has 3 aromatic carbocycles. The average molecular weight is 764 g/mol. The van der Waals surface area contributed by atoms with Crippen molar-refractivity contribution in [2.24, 2.45) is 17.8 Å². The summed E-state index contributed by atoms with van der Waals surface area (Å²) in [5.74, 6) is -0.186. The standard InChI is InChI=1S/C42H36Cl2N4O6/c1-17(2)31-39-46-33-36(54-39)42-24-10-6-9-23(22-8-5-7-20-15-26(43)30(29(20)22)35-37(44)48-40(33)53-35)32(24)47-41(42)52-28-12-11-19(14-25(28)42)13-21(38(51)45-31)16-27(49)34(50)18(3)4/h5-12,14,17-18,21,31,34,41,47,50H,13,15-16H2,1-4H3,(H,45,51)/t21-,31?,34+,41?,42+/m1/s1.